The standard InChI is InChI=1S/C25H28N4O.H2O/c1-27-24(26-21-12-11-19-7-3-4-8-20(19)25(21)27)13-14-28-15-17-29(18-16-28)22-9-5-6-10-23(22)30-2;/h3-12H,13-18H2,1-2H3;1H2. The largest absolute Gasteiger partial charge is 0.495 e. The number of ether oxygens (including phenoxy) is 1. The van der Waals surface area contributed by atoms with E-state index in [0.717, 1.165) is 56.2 Å². The van der Waals surface area contributed by atoms with E-state index < -0.39 is 0 Å². The summed E-state index contributed by atoms with van der Waals surface area (Å²) in [5.74, 6) is 2.12. The minimum atomic E-state index is 0. The fraction of sp³-hybridized carbons (Fsp3) is 0.320. The van der Waals surface area contributed by atoms with Crippen LogP contribution in [0.15, 0.2) is 60.7 Å². The Hall–Kier alpha value is -3.09. The molecule has 0 aliphatic carbocycles. The number of para-hydroxylation sites is 2. The van der Waals surface area contributed by atoms with Crippen LogP contribution in [-0.2, 0) is 13.5 Å². The zero-order valence-electron chi connectivity index (χ0n) is 18.2. The summed E-state index contributed by atoms with van der Waals surface area (Å²) in [7, 11) is 3.89. The quantitative estimate of drug-likeness (QED) is 0.499. The lowest BCUT2D eigenvalue weighted by molar-refractivity contribution is 0.258. The SMILES string of the molecule is COc1ccccc1N1CCN(CCc2nc3ccc4ccccc4c3n2C)CC1.O. The van der Waals surface area contributed by atoms with Gasteiger partial charge in [0.2, 0.25) is 0 Å². The van der Waals surface area contributed by atoms with Gasteiger partial charge < -0.3 is 19.7 Å². The first kappa shape index (κ1) is 21.2. The van der Waals surface area contributed by atoms with E-state index in [4.69, 9.17) is 9.72 Å². The van der Waals surface area contributed by atoms with Crippen LogP contribution >= 0.6 is 0 Å². The molecule has 1 aliphatic rings. The number of piperazine rings is 1. The van der Waals surface area contributed by atoms with Crippen molar-refractivity contribution in [2.45, 2.75) is 6.42 Å². The van der Waals surface area contributed by atoms with Crippen molar-refractivity contribution >= 4 is 27.5 Å². The predicted molar refractivity (Wildman–Crippen MR) is 127 cm³/mol. The van der Waals surface area contributed by atoms with Crippen LogP contribution in [0.1, 0.15) is 5.82 Å². The highest BCUT2D eigenvalue weighted by Gasteiger charge is 2.20. The first-order chi connectivity index (χ1) is 14.7. The molecule has 0 saturated carbocycles. The first-order valence-corrected chi connectivity index (χ1v) is 10.7. The summed E-state index contributed by atoms with van der Waals surface area (Å²) in [4.78, 5) is 9.91. The van der Waals surface area contributed by atoms with E-state index in [-0.39, 0.29) is 5.48 Å². The number of anilines is 1. The van der Waals surface area contributed by atoms with E-state index in [1.807, 2.05) is 12.1 Å². The van der Waals surface area contributed by atoms with Gasteiger partial charge in [-0.2, -0.15) is 0 Å². The van der Waals surface area contributed by atoms with Crippen LogP contribution in [0.3, 0.4) is 0 Å². The minimum Gasteiger partial charge on any atom is -0.495 e. The molecular formula is C25H30N4O2. The molecule has 4 aromatic rings. The molecule has 6 heteroatoms. The van der Waals surface area contributed by atoms with Crippen LogP contribution in [0.5, 0.6) is 5.75 Å². The lowest BCUT2D eigenvalue weighted by Crippen LogP contribution is -2.47. The summed E-state index contributed by atoms with van der Waals surface area (Å²) in [6, 6.07) is 21.2. The van der Waals surface area contributed by atoms with Crippen molar-refractivity contribution in [3.05, 3.63) is 66.5 Å². The minimum absolute atomic E-state index is 0. The molecule has 162 valence electrons. The van der Waals surface area contributed by atoms with Gasteiger partial charge in [-0.15, -0.1) is 0 Å². The van der Waals surface area contributed by atoms with Crippen molar-refractivity contribution < 1.29 is 10.2 Å². The zero-order valence-corrected chi connectivity index (χ0v) is 18.2. The third kappa shape index (κ3) is 3.96. The number of aryl methyl sites for hydroxylation is 1. The molecule has 1 fully saturated rings. The van der Waals surface area contributed by atoms with Gasteiger partial charge in [0.15, 0.2) is 0 Å². The Labute approximate surface area is 183 Å². The van der Waals surface area contributed by atoms with Gasteiger partial charge in [-0.05, 0) is 23.6 Å². The molecule has 0 amide bonds. The highest BCUT2D eigenvalue weighted by atomic mass is 16.5. The van der Waals surface area contributed by atoms with Crippen LogP contribution in [0.4, 0.5) is 5.69 Å². The van der Waals surface area contributed by atoms with Gasteiger partial charge in [0.05, 0.1) is 23.8 Å². The molecule has 1 aromatic heterocycles. The molecule has 6 nitrogen and oxygen atoms in total. The molecule has 31 heavy (non-hydrogen) atoms. The average molecular weight is 419 g/mol. The van der Waals surface area contributed by atoms with Crippen molar-refractivity contribution in [1.29, 1.82) is 0 Å². The normalized spacial score (nSPS) is 14.7. The van der Waals surface area contributed by atoms with E-state index >= 15 is 0 Å². The van der Waals surface area contributed by atoms with Crippen LogP contribution in [0, 0.1) is 0 Å². The Kier molecular flexibility index (Phi) is 6.11. The Morgan fingerprint density at radius 2 is 1.65 bits per heavy atom. The van der Waals surface area contributed by atoms with E-state index in [0.29, 0.717) is 0 Å². The molecular weight excluding hydrogens is 388 g/mol. The van der Waals surface area contributed by atoms with Gasteiger partial charge >= 0.3 is 0 Å². The maximum atomic E-state index is 5.54. The van der Waals surface area contributed by atoms with Crippen LogP contribution in [0.2, 0.25) is 0 Å². The third-order valence-corrected chi connectivity index (χ3v) is 6.30. The zero-order chi connectivity index (χ0) is 20.5. The number of methoxy groups -OCH3 is 1. The molecule has 2 heterocycles. The van der Waals surface area contributed by atoms with Gasteiger partial charge in [-0.25, -0.2) is 4.98 Å². The summed E-state index contributed by atoms with van der Waals surface area (Å²) < 4.78 is 7.82. The molecule has 1 aliphatic heterocycles. The van der Waals surface area contributed by atoms with Crippen molar-refractivity contribution in [3.8, 4) is 5.75 Å². The van der Waals surface area contributed by atoms with Gasteiger partial charge in [0, 0.05) is 51.6 Å². The lowest BCUT2D eigenvalue weighted by Gasteiger charge is -2.36. The number of hydrogen-bond acceptors (Lipinski definition) is 4. The summed E-state index contributed by atoms with van der Waals surface area (Å²) in [6.45, 7) is 5.20. The third-order valence-electron chi connectivity index (χ3n) is 6.30. The van der Waals surface area contributed by atoms with E-state index in [2.05, 4.69) is 69.9 Å². The second-order valence-corrected chi connectivity index (χ2v) is 7.99. The van der Waals surface area contributed by atoms with Crippen LogP contribution in [-0.4, -0.2) is 59.8 Å². The fourth-order valence-corrected chi connectivity index (χ4v) is 4.61. The first-order valence-electron chi connectivity index (χ1n) is 10.7. The highest BCUT2D eigenvalue weighted by molar-refractivity contribution is 6.04. The Morgan fingerprint density at radius 1 is 0.903 bits per heavy atom. The molecule has 1 saturated heterocycles. The Balaban J connectivity index is 0.00000231. The molecule has 0 unspecified atom stereocenters. The van der Waals surface area contributed by atoms with E-state index in [1.165, 1.54) is 22.0 Å². The number of nitrogens with zero attached hydrogens (tertiary/aromatic N) is 4. The maximum Gasteiger partial charge on any atom is 0.142 e. The highest BCUT2D eigenvalue weighted by Crippen LogP contribution is 2.29. The smallest absolute Gasteiger partial charge is 0.142 e. The molecule has 0 spiro atoms. The summed E-state index contributed by atoms with van der Waals surface area (Å²) in [5, 5.41) is 2.55. The molecule has 5 rings (SSSR count). The lowest BCUT2D eigenvalue weighted by atomic mass is 10.1. The Bertz CT molecular complexity index is 1180. The number of benzene rings is 3. The maximum absolute atomic E-state index is 5.54. The predicted octanol–water partition coefficient (Wildman–Crippen LogP) is 3.28. The van der Waals surface area contributed by atoms with Crippen molar-refractivity contribution in [2.75, 3.05) is 44.7 Å². The number of aromatic nitrogens is 2. The van der Waals surface area contributed by atoms with Gasteiger partial charge in [0.1, 0.15) is 11.6 Å². The van der Waals surface area contributed by atoms with Gasteiger partial charge in [-0.1, -0.05) is 42.5 Å². The summed E-state index contributed by atoms with van der Waals surface area (Å²) in [5.41, 5.74) is 3.53. The number of fused-ring (bicyclic) bond motifs is 3. The average Bonchev–Trinajstić information content (AvgIpc) is 3.14. The van der Waals surface area contributed by atoms with Crippen LogP contribution < -0.4 is 9.64 Å². The van der Waals surface area contributed by atoms with Crippen molar-refractivity contribution in [2.24, 2.45) is 7.05 Å². The van der Waals surface area contributed by atoms with E-state index in [9.17, 15) is 0 Å². The van der Waals surface area contributed by atoms with E-state index in [1.54, 1.807) is 7.11 Å². The van der Waals surface area contributed by atoms with Gasteiger partial charge in [-0.3, -0.25) is 4.90 Å². The molecule has 3 aromatic carbocycles. The molecule has 0 atom stereocenters. The Morgan fingerprint density at radius 3 is 2.45 bits per heavy atom. The second-order valence-electron chi connectivity index (χ2n) is 7.99. The number of hydrogen-bond donors (Lipinski definition) is 0. The second kappa shape index (κ2) is 8.96. The molecule has 2 N–H and O–H groups in total. The summed E-state index contributed by atoms with van der Waals surface area (Å²) in [6.07, 6.45) is 0.966. The number of rotatable bonds is 5. The molecule has 0 radical (unpaired) electrons. The molecule has 0 bridgehead atoms. The topological polar surface area (TPSA) is 65.0 Å². The van der Waals surface area contributed by atoms with Crippen LogP contribution in [0.25, 0.3) is 21.8 Å². The van der Waals surface area contributed by atoms with Crippen molar-refractivity contribution in [1.82, 2.24) is 14.5 Å². The van der Waals surface area contributed by atoms with Crippen molar-refractivity contribution in [3.63, 3.8) is 0 Å². The number of imidazole rings is 1. The fourth-order valence-electron chi connectivity index (χ4n) is 4.61. The summed E-state index contributed by atoms with van der Waals surface area (Å²) >= 11 is 0. The monoisotopic (exact) mass is 418 g/mol. The van der Waals surface area contributed by atoms with Gasteiger partial charge in [0.25, 0.3) is 0 Å².